The molecule has 0 saturated heterocycles. The SMILES string of the molecule is C=C(C)C(=O)OCCCCc1cc(CCCCOC(=O)C(C)C)cc2oc(=O)c(-c3ccc(OC(=O)C(=C)C)cc3)cc12. The summed E-state index contributed by atoms with van der Waals surface area (Å²) in [5.41, 5.74) is 3.72. The quantitative estimate of drug-likeness (QED) is 0.0620. The standard InChI is InChI=1S/C35H40O8/c1-22(2)32(36)40-17-9-7-11-25-19-27(12-8-10-18-41-33(37)23(3)4)29-21-30(35(39)43-31(29)20-25)26-13-15-28(16-14-26)42-34(38)24(5)6/h13-16,19-22H,3,5,7-12,17-18H2,1-2,4,6H3. The Bertz CT molecular complexity index is 1540. The number of hydrogen-bond acceptors (Lipinski definition) is 8. The second-order valence-corrected chi connectivity index (χ2v) is 11.0. The monoisotopic (exact) mass is 588 g/mol. The highest BCUT2D eigenvalue weighted by Gasteiger charge is 2.14. The molecule has 228 valence electrons. The Morgan fingerprint density at radius 3 is 2.07 bits per heavy atom. The fourth-order valence-electron chi connectivity index (χ4n) is 4.28. The lowest BCUT2D eigenvalue weighted by molar-refractivity contribution is -0.147. The molecule has 0 saturated carbocycles. The van der Waals surface area contributed by atoms with Gasteiger partial charge in [0.15, 0.2) is 0 Å². The molecule has 0 radical (unpaired) electrons. The van der Waals surface area contributed by atoms with Crippen LogP contribution in [0.1, 0.15) is 64.5 Å². The molecule has 8 heteroatoms. The molecule has 0 fully saturated rings. The highest BCUT2D eigenvalue weighted by molar-refractivity contribution is 5.89. The van der Waals surface area contributed by atoms with Gasteiger partial charge in [-0.05, 0) is 93.3 Å². The molecule has 8 nitrogen and oxygen atoms in total. The summed E-state index contributed by atoms with van der Waals surface area (Å²) in [4.78, 5) is 48.3. The molecule has 0 aliphatic heterocycles. The number of aryl methyl sites for hydroxylation is 2. The topological polar surface area (TPSA) is 109 Å². The number of ether oxygens (including phenoxy) is 3. The molecule has 1 heterocycles. The number of hydrogen-bond donors (Lipinski definition) is 0. The lowest BCUT2D eigenvalue weighted by atomic mass is 9.96. The molecule has 1 aromatic heterocycles. The van der Waals surface area contributed by atoms with Gasteiger partial charge in [-0.25, -0.2) is 14.4 Å². The van der Waals surface area contributed by atoms with Crippen LogP contribution in [0.2, 0.25) is 0 Å². The molecular formula is C35H40O8. The van der Waals surface area contributed by atoms with Crippen LogP contribution in [0.3, 0.4) is 0 Å². The van der Waals surface area contributed by atoms with Gasteiger partial charge in [-0.2, -0.15) is 0 Å². The Morgan fingerprint density at radius 2 is 1.44 bits per heavy atom. The molecular weight excluding hydrogens is 548 g/mol. The van der Waals surface area contributed by atoms with Gasteiger partial charge in [0.05, 0.1) is 24.7 Å². The summed E-state index contributed by atoms with van der Waals surface area (Å²) < 4.78 is 21.6. The van der Waals surface area contributed by atoms with E-state index in [9.17, 15) is 19.2 Å². The van der Waals surface area contributed by atoms with Gasteiger partial charge in [0.25, 0.3) is 0 Å². The normalized spacial score (nSPS) is 10.9. The van der Waals surface area contributed by atoms with Crippen molar-refractivity contribution in [1.29, 1.82) is 0 Å². The molecule has 0 amide bonds. The van der Waals surface area contributed by atoms with E-state index in [4.69, 9.17) is 18.6 Å². The molecule has 3 aromatic rings. The molecule has 0 N–H and O–H groups in total. The third kappa shape index (κ3) is 9.81. The maximum atomic E-state index is 13.1. The smallest absolute Gasteiger partial charge is 0.344 e. The third-order valence-electron chi connectivity index (χ3n) is 6.72. The summed E-state index contributed by atoms with van der Waals surface area (Å²) in [5, 5.41) is 0.820. The van der Waals surface area contributed by atoms with Crippen molar-refractivity contribution in [2.45, 2.75) is 66.2 Å². The van der Waals surface area contributed by atoms with E-state index >= 15 is 0 Å². The minimum Gasteiger partial charge on any atom is -0.465 e. The van der Waals surface area contributed by atoms with Gasteiger partial charge in [0, 0.05) is 16.5 Å². The first-order valence-electron chi connectivity index (χ1n) is 14.5. The van der Waals surface area contributed by atoms with Crippen molar-refractivity contribution in [3.63, 3.8) is 0 Å². The summed E-state index contributed by atoms with van der Waals surface area (Å²) in [6.07, 6.45) is 4.36. The molecule has 2 aromatic carbocycles. The maximum absolute atomic E-state index is 13.1. The van der Waals surface area contributed by atoms with Crippen molar-refractivity contribution < 1.29 is 33.0 Å². The van der Waals surface area contributed by atoms with E-state index in [0.29, 0.717) is 54.1 Å². The number of unbranched alkanes of at least 4 members (excludes halogenated alkanes) is 2. The molecule has 43 heavy (non-hydrogen) atoms. The fourth-order valence-corrected chi connectivity index (χ4v) is 4.28. The summed E-state index contributed by atoms with van der Waals surface area (Å²) in [6, 6.07) is 12.5. The average molecular weight is 589 g/mol. The van der Waals surface area contributed by atoms with Crippen molar-refractivity contribution in [3.05, 3.63) is 88.3 Å². The highest BCUT2D eigenvalue weighted by Crippen LogP contribution is 2.28. The molecule has 0 bridgehead atoms. The molecule has 3 rings (SSSR count). The van der Waals surface area contributed by atoms with Gasteiger partial charge in [-0.15, -0.1) is 0 Å². The molecule has 0 aliphatic carbocycles. The Kier molecular flexibility index (Phi) is 12.0. The van der Waals surface area contributed by atoms with E-state index in [0.717, 1.165) is 42.2 Å². The fraction of sp³-hybridized carbons (Fsp3) is 0.371. The van der Waals surface area contributed by atoms with Crippen molar-refractivity contribution in [1.82, 2.24) is 0 Å². The maximum Gasteiger partial charge on any atom is 0.344 e. The minimum atomic E-state index is -0.524. The number of rotatable bonds is 15. The lowest BCUT2D eigenvalue weighted by Gasteiger charge is -2.12. The first-order valence-corrected chi connectivity index (χ1v) is 14.5. The van der Waals surface area contributed by atoms with Crippen LogP contribution in [0.4, 0.5) is 0 Å². The number of esters is 3. The van der Waals surface area contributed by atoms with Gasteiger partial charge in [-0.1, -0.05) is 45.2 Å². The van der Waals surface area contributed by atoms with Crippen LogP contribution < -0.4 is 10.4 Å². The van der Waals surface area contributed by atoms with Crippen molar-refractivity contribution in [3.8, 4) is 16.9 Å². The van der Waals surface area contributed by atoms with Crippen molar-refractivity contribution in [2.75, 3.05) is 13.2 Å². The summed E-state index contributed by atoms with van der Waals surface area (Å²) >= 11 is 0. The Balaban J connectivity index is 1.83. The van der Waals surface area contributed by atoms with E-state index in [1.165, 1.54) is 0 Å². The Labute approximate surface area is 252 Å². The number of fused-ring (bicyclic) bond motifs is 1. The van der Waals surface area contributed by atoms with Gasteiger partial charge in [0.1, 0.15) is 11.3 Å². The molecule has 0 spiro atoms. The zero-order valence-corrected chi connectivity index (χ0v) is 25.5. The first-order chi connectivity index (χ1) is 20.5. The second-order valence-electron chi connectivity index (χ2n) is 11.0. The first kappa shape index (κ1) is 33.0. The van der Waals surface area contributed by atoms with Gasteiger partial charge >= 0.3 is 23.5 Å². The van der Waals surface area contributed by atoms with E-state index < -0.39 is 17.6 Å². The number of carbonyl (C=O) groups is 3. The lowest BCUT2D eigenvalue weighted by Crippen LogP contribution is -2.12. The molecule has 0 unspecified atom stereocenters. The molecule has 0 aliphatic rings. The predicted octanol–water partition coefficient (Wildman–Crippen LogP) is 6.91. The second kappa shape index (κ2) is 15.7. The predicted molar refractivity (Wildman–Crippen MR) is 166 cm³/mol. The van der Waals surface area contributed by atoms with E-state index in [-0.39, 0.29) is 17.5 Å². The zero-order valence-electron chi connectivity index (χ0n) is 25.5. The summed E-state index contributed by atoms with van der Waals surface area (Å²) in [6.45, 7) is 14.6. The van der Waals surface area contributed by atoms with E-state index in [1.807, 2.05) is 12.1 Å². The van der Waals surface area contributed by atoms with Gasteiger partial charge in [-0.3, -0.25) is 4.79 Å². The van der Waals surface area contributed by atoms with Gasteiger partial charge < -0.3 is 18.6 Å². The van der Waals surface area contributed by atoms with Crippen LogP contribution in [0.5, 0.6) is 5.75 Å². The van der Waals surface area contributed by atoms with Gasteiger partial charge in [0.2, 0.25) is 0 Å². The summed E-state index contributed by atoms with van der Waals surface area (Å²) in [7, 11) is 0. The summed E-state index contributed by atoms with van der Waals surface area (Å²) in [5.74, 6) is -0.944. The average Bonchev–Trinajstić information content (AvgIpc) is 2.96. The van der Waals surface area contributed by atoms with Crippen LogP contribution in [-0.2, 0) is 36.7 Å². The molecule has 0 atom stereocenters. The Morgan fingerprint density at radius 1 is 0.814 bits per heavy atom. The number of benzene rings is 2. The largest absolute Gasteiger partial charge is 0.465 e. The van der Waals surface area contributed by atoms with E-state index in [1.54, 1.807) is 52.0 Å². The van der Waals surface area contributed by atoms with Crippen LogP contribution in [0, 0.1) is 5.92 Å². The van der Waals surface area contributed by atoms with Crippen molar-refractivity contribution >= 4 is 28.9 Å². The van der Waals surface area contributed by atoms with E-state index in [2.05, 4.69) is 19.2 Å². The number of carbonyl (C=O) groups excluding carboxylic acids is 3. The Hall–Kier alpha value is -4.46. The highest BCUT2D eigenvalue weighted by atomic mass is 16.5. The van der Waals surface area contributed by atoms with Crippen LogP contribution in [-0.4, -0.2) is 31.1 Å². The van der Waals surface area contributed by atoms with Crippen LogP contribution in [0.25, 0.3) is 22.1 Å². The van der Waals surface area contributed by atoms with Crippen molar-refractivity contribution in [2.24, 2.45) is 5.92 Å². The zero-order chi connectivity index (χ0) is 31.5. The van der Waals surface area contributed by atoms with Crippen LogP contribution >= 0.6 is 0 Å². The third-order valence-corrected chi connectivity index (χ3v) is 6.72. The van der Waals surface area contributed by atoms with Crippen LogP contribution in [0.15, 0.2) is 76.0 Å². The minimum absolute atomic E-state index is 0.155.